The van der Waals surface area contributed by atoms with Crippen LogP contribution in [0.3, 0.4) is 0 Å². The number of anilines is 1. The standard InChI is InChI=1S/C13H8Cl3NO5S/c14-6-3-10(16)12(18)11(4-6)23(21,22)17-7-1-2-8(13(19)20)9(15)5-7/h1-5,17-18H,(H,19,20). The molecule has 3 N–H and O–H groups in total. The highest BCUT2D eigenvalue weighted by Gasteiger charge is 2.22. The number of phenolic OH excluding ortho intramolecular Hbond substituents is 1. The number of nitrogens with one attached hydrogen (secondary N) is 1. The van der Waals surface area contributed by atoms with Gasteiger partial charge in [0.05, 0.1) is 21.3 Å². The summed E-state index contributed by atoms with van der Waals surface area (Å²) in [6.45, 7) is 0. The van der Waals surface area contributed by atoms with Gasteiger partial charge in [-0.2, -0.15) is 0 Å². The molecule has 2 rings (SSSR count). The van der Waals surface area contributed by atoms with E-state index in [0.717, 1.165) is 18.2 Å². The van der Waals surface area contributed by atoms with Crippen molar-refractivity contribution in [1.82, 2.24) is 0 Å². The van der Waals surface area contributed by atoms with Gasteiger partial charge in [0.25, 0.3) is 10.0 Å². The Morgan fingerprint density at radius 1 is 1.04 bits per heavy atom. The summed E-state index contributed by atoms with van der Waals surface area (Å²) >= 11 is 17.2. The number of carboxylic acids is 1. The van der Waals surface area contributed by atoms with E-state index in [-0.39, 0.29) is 26.3 Å². The van der Waals surface area contributed by atoms with Gasteiger partial charge in [0.1, 0.15) is 4.90 Å². The Bertz CT molecular complexity index is 899. The zero-order valence-corrected chi connectivity index (χ0v) is 14.1. The summed E-state index contributed by atoms with van der Waals surface area (Å²) in [5.74, 6) is -1.90. The van der Waals surface area contributed by atoms with E-state index in [1.165, 1.54) is 12.1 Å². The van der Waals surface area contributed by atoms with Crippen molar-refractivity contribution in [2.75, 3.05) is 4.72 Å². The fourth-order valence-corrected chi connectivity index (χ4v) is 3.78. The molecule has 122 valence electrons. The number of carboxylic acid groups (broad SMARTS) is 1. The monoisotopic (exact) mass is 395 g/mol. The molecule has 0 amide bonds. The Morgan fingerprint density at radius 2 is 1.70 bits per heavy atom. The number of aromatic carboxylic acids is 1. The van der Waals surface area contributed by atoms with Gasteiger partial charge in [0.2, 0.25) is 0 Å². The molecule has 0 spiro atoms. The van der Waals surface area contributed by atoms with Gasteiger partial charge in [-0.3, -0.25) is 4.72 Å². The maximum absolute atomic E-state index is 12.3. The van der Waals surface area contributed by atoms with Crippen LogP contribution in [0, 0.1) is 0 Å². The van der Waals surface area contributed by atoms with Crippen molar-refractivity contribution >= 4 is 56.5 Å². The van der Waals surface area contributed by atoms with Crippen molar-refractivity contribution < 1.29 is 23.4 Å². The average molecular weight is 397 g/mol. The molecular formula is C13H8Cl3NO5S. The van der Waals surface area contributed by atoms with Gasteiger partial charge >= 0.3 is 5.97 Å². The topological polar surface area (TPSA) is 104 Å². The Hall–Kier alpha value is -1.67. The van der Waals surface area contributed by atoms with Crippen LogP contribution in [0.15, 0.2) is 35.2 Å². The lowest BCUT2D eigenvalue weighted by molar-refractivity contribution is 0.0697. The van der Waals surface area contributed by atoms with E-state index in [2.05, 4.69) is 4.72 Å². The first kappa shape index (κ1) is 17.7. The molecule has 0 aromatic heterocycles. The lowest BCUT2D eigenvalue weighted by atomic mass is 10.2. The number of sulfonamides is 1. The normalized spacial score (nSPS) is 11.3. The van der Waals surface area contributed by atoms with Crippen LogP contribution >= 0.6 is 34.8 Å². The summed E-state index contributed by atoms with van der Waals surface area (Å²) in [4.78, 5) is 10.4. The Labute approximate surface area is 146 Å². The largest absolute Gasteiger partial charge is 0.505 e. The third-order valence-corrected chi connectivity index (χ3v) is 4.95. The van der Waals surface area contributed by atoms with Gasteiger partial charge in [-0.05, 0) is 30.3 Å². The molecule has 0 saturated heterocycles. The van der Waals surface area contributed by atoms with E-state index in [4.69, 9.17) is 39.9 Å². The number of aromatic hydroxyl groups is 1. The fraction of sp³-hybridized carbons (Fsp3) is 0. The second-order valence-corrected chi connectivity index (χ2v) is 7.24. The van der Waals surface area contributed by atoms with E-state index in [1.54, 1.807) is 0 Å². The number of hydrogen-bond donors (Lipinski definition) is 3. The van der Waals surface area contributed by atoms with Gasteiger partial charge in [-0.25, -0.2) is 13.2 Å². The lowest BCUT2D eigenvalue weighted by Gasteiger charge is -2.11. The van der Waals surface area contributed by atoms with Crippen molar-refractivity contribution in [3.63, 3.8) is 0 Å². The van der Waals surface area contributed by atoms with Crippen LogP contribution in [0.2, 0.25) is 15.1 Å². The van der Waals surface area contributed by atoms with E-state index >= 15 is 0 Å². The Morgan fingerprint density at radius 3 is 2.26 bits per heavy atom. The van der Waals surface area contributed by atoms with E-state index in [0.29, 0.717) is 0 Å². The third-order valence-electron chi connectivity index (χ3n) is 2.73. The molecule has 0 unspecified atom stereocenters. The number of phenols is 1. The molecule has 0 saturated carbocycles. The predicted molar refractivity (Wildman–Crippen MR) is 87.3 cm³/mol. The van der Waals surface area contributed by atoms with Crippen LogP contribution in [0.4, 0.5) is 5.69 Å². The second kappa shape index (κ2) is 6.45. The molecule has 0 bridgehead atoms. The van der Waals surface area contributed by atoms with Crippen LogP contribution < -0.4 is 4.72 Å². The highest BCUT2D eigenvalue weighted by atomic mass is 35.5. The molecule has 23 heavy (non-hydrogen) atoms. The van der Waals surface area contributed by atoms with Crippen LogP contribution in [-0.2, 0) is 10.0 Å². The minimum Gasteiger partial charge on any atom is -0.505 e. The van der Waals surface area contributed by atoms with Crippen LogP contribution in [-0.4, -0.2) is 24.6 Å². The number of halogens is 3. The van der Waals surface area contributed by atoms with Gasteiger partial charge < -0.3 is 10.2 Å². The van der Waals surface area contributed by atoms with Crippen molar-refractivity contribution in [3.8, 4) is 5.75 Å². The smallest absolute Gasteiger partial charge is 0.337 e. The molecule has 0 aliphatic heterocycles. The number of rotatable bonds is 4. The van der Waals surface area contributed by atoms with Crippen LogP contribution in [0.1, 0.15) is 10.4 Å². The first-order valence-corrected chi connectivity index (χ1v) is 8.47. The summed E-state index contributed by atoms with van der Waals surface area (Å²) in [5, 5.41) is 18.3. The van der Waals surface area contributed by atoms with Crippen molar-refractivity contribution in [2.24, 2.45) is 0 Å². The Balaban J connectivity index is 2.43. The SMILES string of the molecule is O=C(O)c1ccc(NS(=O)(=O)c2cc(Cl)cc(Cl)c2O)cc1Cl. The molecule has 10 heteroatoms. The molecule has 0 heterocycles. The maximum atomic E-state index is 12.3. The molecule has 0 aliphatic carbocycles. The molecule has 0 radical (unpaired) electrons. The highest BCUT2D eigenvalue weighted by Crippen LogP contribution is 2.35. The van der Waals surface area contributed by atoms with Crippen molar-refractivity contribution in [2.45, 2.75) is 4.90 Å². The van der Waals surface area contributed by atoms with E-state index < -0.39 is 26.6 Å². The molecular weight excluding hydrogens is 389 g/mol. The van der Waals surface area contributed by atoms with Gasteiger partial charge in [-0.15, -0.1) is 0 Å². The quantitative estimate of drug-likeness (QED) is 0.728. The van der Waals surface area contributed by atoms with E-state index in [9.17, 15) is 18.3 Å². The first-order valence-electron chi connectivity index (χ1n) is 5.85. The summed E-state index contributed by atoms with van der Waals surface area (Å²) in [5.41, 5.74) is -0.168. The zero-order chi connectivity index (χ0) is 17.4. The highest BCUT2D eigenvalue weighted by molar-refractivity contribution is 7.92. The third kappa shape index (κ3) is 3.81. The maximum Gasteiger partial charge on any atom is 0.337 e. The van der Waals surface area contributed by atoms with Crippen LogP contribution in [0.25, 0.3) is 0 Å². The molecule has 2 aromatic rings. The molecule has 2 aromatic carbocycles. The molecule has 6 nitrogen and oxygen atoms in total. The van der Waals surface area contributed by atoms with Crippen molar-refractivity contribution in [1.29, 1.82) is 0 Å². The number of benzene rings is 2. The average Bonchev–Trinajstić information content (AvgIpc) is 2.41. The molecule has 0 aliphatic rings. The number of carbonyl (C=O) groups is 1. The minimum atomic E-state index is -4.21. The predicted octanol–water partition coefficient (Wildman–Crippen LogP) is 3.85. The fourth-order valence-electron chi connectivity index (χ4n) is 1.71. The minimum absolute atomic E-state index is 0.00972. The number of hydrogen-bond acceptors (Lipinski definition) is 4. The Kier molecular flexibility index (Phi) is 4.95. The van der Waals surface area contributed by atoms with Crippen LogP contribution in [0.5, 0.6) is 5.75 Å². The molecule has 0 fully saturated rings. The van der Waals surface area contributed by atoms with Gasteiger partial charge in [-0.1, -0.05) is 34.8 Å². The summed E-state index contributed by atoms with van der Waals surface area (Å²) in [6.07, 6.45) is 0. The summed E-state index contributed by atoms with van der Waals surface area (Å²) in [7, 11) is -4.21. The first-order chi connectivity index (χ1) is 10.6. The zero-order valence-electron chi connectivity index (χ0n) is 11.0. The van der Waals surface area contributed by atoms with Gasteiger partial charge in [0, 0.05) is 5.02 Å². The van der Waals surface area contributed by atoms with E-state index in [1.807, 2.05) is 0 Å². The second-order valence-electron chi connectivity index (χ2n) is 4.34. The summed E-state index contributed by atoms with van der Waals surface area (Å²) < 4.78 is 26.8. The van der Waals surface area contributed by atoms with Crippen molar-refractivity contribution in [3.05, 3.63) is 51.0 Å². The van der Waals surface area contributed by atoms with Gasteiger partial charge in [0.15, 0.2) is 5.75 Å². The lowest BCUT2D eigenvalue weighted by Crippen LogP contribution is -2.13. The summed E-state index contributed by atoms with van der Waals surface area (Å²) in [6, 6.07) is 5.71. The molecule has 0 atom stereocenters.